The minimum Gasteiger partial charge on any atom is -0.368 e. The molecule has 0 unspecified atom stereocenters. The van der Waals surface area contributed by atoms with E-state index in [4.69, 9.17) is 1.37 Å². The van der Waals surface area contributed by atoms with Crippen molar-refractivity contribution >= 4 is 34.3 Å². The molecular formula is C24H29N7O2. The van der Waals surface area contributed by atoms with Gasteiger partial charge < -0.3 is 15.5 Å². The molecule has 4 heterocycles. The molecule has 0 amide bonds. The second-order valence-electron chi connectivity index (χ2n) is 8.66. The van der Waals surface area contributed by atoms with Crippen molar-refractivity contribution in [2.45, 2.75) is 45.5 Å². The van der Waals surface area contributed by atoms with Crippen LogP contribution in [0.4, 0.5) is 17.5 Å². The quantitative estimate of drug-likeness (QED) is 0.574. The van der Waals surface area contributed by atoms with Crippen LogP contribution in [0.1, 0.15) is 55.9 Å². The molecule has 0 spiro atoms. The number of piperazine rings is 1. The zero-order valence-corrected chi connectivity index (χ0v) is 19.0. The summed E-state index contributed by atoms with van der Waals surface area (Å²) in [6.07, 6.45) is 6.26. The molecule has 0 aromatic carbocycles. The van der Waals surface area contributed by atoms with Crippen LogP contribution < -0.4 is 21.1 Å². The van der Waals surface area contributed by atoms with Crippen LogP contribution in [0.2, 0.25) is 0 Å². The minimum atomic E-state index is -1.12. The molecule has 0 bridgehead atoms. The summed E-state index contributed by atoms with van der Waals surface area (Å²) in [5, 5.41) is 7.07. The van der Waals surface area contributed by atoms with Gasteiger partial charge >= 0.3 is 0 Å². The van der Waals surface area contributed by atoms with Gasteiger partial charge in [0.1, 0.15) is 11.5 Å². The monoisotopic (exact) mass is 448 g/mol. The van der Waals surface area contributed by atoms with Gasteiger partial charge in [-0.3, -0.25) is 14.2 Å². The number of carbonyl (C=O) groups excluding carboxylic acids is 1. The first kappa shape index (κ1) is 20.3. The SMILES string of the molecule is [2H]C1(n2c(=O)c(C(C)=O)c(C)c3cnc(Nc4ccc(N5CCNCC5)cn4)nc32)CCCC1. The van der Waals surface area contributed by atoms with E-state index < -0.39 is 11.6 Å². The topological polar surface area (TPSA) is 105 Å². The summed E-state index contributed by atoms with van der Waals surface area (Å²) in [6.45, 7) is 6.91. The van der Waals surface area contributed by atoms with Gasteiger partial charge in [-0.25, -0.2) is 9.97 Å². The number of aryl methyl sites for hydroxylation is 1. The van der Waals surface area contributed by atoms with Crippen molar-refractivity contribution in [1.82, 2.24) is 24.8 Å². The molecule has 2 fully saturated rings. The van der Waals surface area contributed by atoms with Crippen LogP contribution in [-0.4, -0.2) is 51.5 Å². The van der Waals surface area contributed by atoms with E-state index in [1.54, 1.807) is 13.1 Å². The van der Waals surface area contributed by atoms with Crippen molar-refractivity contribution in [2.75, 3.05) is 36.4 Å². The lowest BCUT2D eigenvalue weighted by atomic mass is 10.0. The molecule has 9 heteroatoms. The molecule has 2 aliphatic rings. The van der Waals surface area contributed by atoms with E-state index in [1.165, 1.54) is 11.5 Å². The molecule has 0 radical (unpaired) electrons. The molecule has 3 aromatic rings. The van der Waals surface area contributed by atoms with Gasteiger partial charge in [-0.15, -0.1) is 0 Å². The number of nitrogens with zero attached hydrogens (tertiary/aromatic N) is 5. The van der Waals surface area contributed by atoms with Crippen LogP contribution in [0.25, 0.3) is 11.0 Å². The van der Waals surface area contributed by atoms with Crippen LogP contribution in [-0.2, 0) is 0 Å². The number of hydrogen-bond acceptors (Lipinski definition) is 8. The maximum atomic E-state index is 13.4. The predicted octanol–water partition coefficient (Wildman–Crippen LogP) is 2.97. The van der Waals surface area contributed by atoms with Crippen LogP contribution in [0.5, 0.6) is 0 Å². The average Bonchev–Trinajstić information content (AvgIpc) is 3.27. The highest BCUT2D eigenvalue weighted by atomic mass is 16.1. The Morgan fingerprint density at radius 2 is 1.94 bits per heavy atom. The zero-order chi connectivity index (χ0) is 23.9. The molecule has 9 nitrogen and oxygen atoms in total. The fourth-order valence-corrected chi connectivity index (χ4v) is 4.77. The number of anilines is 3. The Hall–Kier alpha value is -3.33. The third-order valence-electron chi connectivity index (χ3n) is 6.50. The number of hydrogen-bond donors (Lipinski definition) is 2. The summed E-state index contributed by atoms with van der Waals surface area (Å²) in [4.78, 5) is 41.6. The van der Waals surface area contributed by atoms with Crippen molar-refractivity contribution in [3.8, 4) is 0 Å². The van der Waals surface area contributed by atoms with Gasteiger partial charge in [0, 0.05) is 43.8 Å². The summed E-state index contributed by atoms with van der Waals surface area (Å²) in [5.41, 5.74) is 1.65. The molecule has 1 saturated carbocycles. The summed E-state index contributed by atoms with van der Waals surface area (Å²) >= 11 is 0. The lowest BCUT2D eigenvalue weighted by Crippen LogP contribution is -2.43. The molecule has 5 rings (SSSR count). The van der Waals surface area contributed by atoms with Crippen LogP contribution in [0, 0.1) is 6.92 Å². The van der Waals surface area contributed by atoms with E-state index in [9.17, 15) is 9.59 Å². The van der Waals surface area contributed by atoms with E-state index in [0.29, 0.717) is 41.2 Å². The third-order valence-corrected chi connectivity index (χ3v) is 6.50. The number of pyridine rings is 2. The van der Waals surface area contributed by atoms with Gasteiger partial charge in [0.15, 0.2) is 5.78 Å². The highest BCUT2D eigenvalue weighted by Crippen LogP contribution is 2.32. The molecule has 1 aliphatic heterocycles. The fourth-order valence-electron chi connectivity index (χ4n) is 4.77. The first-order valence-electron chi connectivity index (χ1n) is 12.0. The Morgan fingerprint density at radius 3 is 2.61 bits per heavy atom. The average molecular weight is 449 g/mol. The van der Waals surface area contributed by atoms with Gasteiger partial charge in [0.05, 0.1) is 18.8 Å². The standard InChI is InChI=1S/C24H29N7O2/c1-15-19-14-27-24(28-20-8-7-18(13-26-20)30-11-9-25-10-12-30)29-22(19)31(17-5-3-4-6-17)23(33)21(15)16(2)32/h7-8,13-14,17,25H,3-6,9-12H2,1-2H3,(H,26,27,28,29)/i17D. The minimum absolute atomic E-state index is 0.112. The Labute approximate surface area is 193 Å². The lowest BCUT2D eigenvalue weighted by Gasteiger charge is -2.29. The summed E-state index contributed by atoms with van der Waals surface area (Å²) in [5.74, 6) is 0.570. The van der Waals surface area contributed by atoms with E-state index in [-0.39, 0.29) is 11.3 Å². The highest BCUT2D eigenvalue weighted by Gasteiger charge is 2.25. The Kier molecular flexibility index (Phi) is 5.47. The molecule has 1 aliphatic carbocycles. The molecule has 33 heavy (non-hydrogen) atoms. The number of nitrogens with one attached hydrogen (secondary N) is 2. The number of rotatable bonds is 5. The fraction of sp³-hybridized carbons (Fsp3) is 0.458. The predicted molar refractivity (Wildman–Crippen MR) is 129 cm³/mol. The number of fused-ring (bicyclic) bond motifs is 1. The van der Waals surface area contributed by atoms with E-state index in [1.807, 2.05) is 18.3 Å². The second-order valence-corrected chi connectivity index (χ2v) is 8.66. The summed E-state index contributed by atoms with van der Waals surface area (Å²) in [7, 11) is 0. The lowest BCUT2D eigenvalue weighted by molar-refractivity contribution is 0.101. The van der Waals surface area contributed by atoms with Crippen LogP contribution in [0.3, 0.4) is 0 Å². The van der Waals surface area contributed by atoms with Gasteiger partial charge in [-0.2, -0.15) is 4.98 Å². The van der Waals surface area contributed by atoms with E-state index in [2.05, 4.69) is 30.5 Å². The molecular weight excluding hydrogens is 418 g/mol. The maximum Gasteiger partial charge on any atom is 0.263 e. The Balaban J connectivity index is 1.54. The first-order valence-corrected chi connectivity index (χ1v) is 11.5. The highest BCUT2D eigenvalue weighted by molar-refractivity contribution is 5.99. The number of Topliss-reactive ketones (excluding diaryl/α,β-unsaturated/α-hetero) is 1. The summed E-state index contributed by atoms with van der Waals surface area (Å²) < 4.78 is 10.4. The second kappa shape index (κ2) is 8.90. The molecule has 0 atom stereocenters. The third kappa shape index (κ3) is 4.08. The van der Waals surface area contributed by atoms with Crippen molar-refractivity contribution in [1.29, 1.82) is 0 Å². The molecule has 1 saturated heterocycles. The van der Waals surface area contributed by atoms with Crippen molar-refractivity contribution < 1.29 is 6.17 Å². The van der Waals surface area contributed by atoms with Gasteiger partial charge in [-0.1, -0.05) is 12.8 Å². The van der Waals surface area contributed by atoms with Gasteiger partial charge in [0.25, 0.3) is 5.56 Å². The summed E-state index contributed by atoms with van der Waals surface area (Å²) in [6, 6.07) is 2.77. The van der Waals surface area contributed by atoms with Crippen LogP contribution >= 0.6 is 0 Å². The number of carbonyl (C=O) groups is 1. The molecule has 2 N–H and O–H groups in total. The van der Waals surface area contributed by atoms with Crippen molar-refractivity contribution in [3.63, 3.8) is 0 Å². The maximum absolute atomic E-state index is 13.4. The van der Waals surface area contributed by atoms with Gasteiger partial charge in [-0.05, 0) is 44.4 Å². The largest absolute Gasteiger partial charge is 0.368 e. The molecule has 172 valence electrons. The Morgan fingerprint density at radius 1 is 1.18 bits per heavy atom. The van der Waals surface area contributed by atoms with E-state index >= 15 is 0 Å². The van der Waals surface area contributed by atoms with E-state index in [0.717, 1.165) is 44.7 Å². The normalized spacial score (nSPS) is 18.4. The first-order chi connectivity index (χ1) is 16.4. The number of aromatic nitrogens is 4. The van der Waals surface area contributed by atoms with Crippen LogP contribution in [0.15, 0.2) is 29.3 Å². The van der Waals surface area contributed by atoms with Crippen molar-refractivity contribution in [2.24, 2.45) is 0 Å². The van der Waals surface area contributed by atoms with Crippen molar-refractivity contribution in [3.05, 3.63) is 46.0 Å². The smallest absolute Gasteiger partial charge is 0.263 e. The Bertz CT molecular complexity index is 1290. The molecule has 3 aromatic heterocycles. The zero-order valence-electron chi connectivity index (χ0n) is 20.0. The van der Waals surface area contributed by atoms with Gasteiger partial charge in [0.2, 0.25) is 5.95 Å². The number of ketones is 1.